The minimum absolute atomic E-state index is 0.0695. The number of carbonyl (C=O) groups is 3. The van der Waals surface area contributed by atoms with Crippen molar-refractivity contribution in [1.29, 1.82) is 0 Å². The summed E-state index contributed by atoms with van der Waals surface area (Å²) in [6.45, 7) is 6.04. The summed E-state index contributed by atoms with van der Waals surface area (Å²) in [5, 5.41) is 12.9. The third-order valence-electron chi connectivity index (χ3n) is 4.85. The Morgan fingerprint density at radius 1 is 1.30 bits per heavy atom. The molecule has 0 radical (unpaired) electrons. The van der Waals surface area contributed by atoms with Gasteiger partial charge in [0.1, 0.15) is 12.3 Å². The molecule has 0 aliphatic carbocycles. The van der Waals surface area contributed by atoms with Crippen molar-refractivity contribution in [1.82, 2.24) is 15.0 Å². The summed E-state index contributed by atoms with van der Waals surface area (Å²) in [4.78, 5) is 38.5. The molecule has 1 fully saturated rings. The Kier molecular flexibility index (Phi) is 7.70. The lowest BCUT2D eigenvalue weighted by Gasteiger charge is -2.28. The van der Waals surface area contributed by atoms with E-state index in [1.54, 1.807) is 0 Å². The van der Waals surface area contributed by atoms with Gasteiger partial charge in [-0.25, -0.2) is 0 Å². The van der Waals surface area contributed by atoms with E-state index in [9.17, 15) is 14.4 Å². The quantitative estimate of drug-likeness (QED) is 0.748. The zero-order valence-electron chi connectivity index (χ0n) is 16.1. The van der Waals surface area contributed by atoms with Gasteiger partial charge in [-0.15, -0.1) is 11.8 Å². The van der Waals surface area contributed by atoms with Crippen LogP contribution in [0.15, 0.2) is 4.52 Å². The highest BCUT2D eigenvalue weighted by atomic mass is 32.2. The van der Waals surface area contributed by atoms with Crippen molar-refractivity contribution >= 4 is 29.5 Å². The first kappa shape index (κ1) is 21.3. The van der Waals surface area contributed by atoms with Crippen molar-refractivity contribution in [2.24, 2.45) is 0 Å². The van der Waals surface area contributed by atoms with Gasteiger partial charge in [0.2, 0.25) is 11.8 Å². The number of thioether (sulfide) groups is 1. The van der Waals surface area contributed by atoms with Crippen LogP contribution in [0.4, 0.5) is 0 Å². The summed E-state index contributed by atoms with van der Waals surface area (Å²) in [5.74, 6) is 0.656. The number of carboxylic acids is 1. The third-order valence-corrected chi connectivity index (χ3v) is 5.80. The monoisotopic (exact) mass is 397 g/mol. The van der Waals surface area contributed by atoms with Crippen LogP contribution in [-0.4, -0.2) is 69.3 Å². The van der Waals surface area contributed by atoms with Gasteiger partial charge in [-0.3, -0.25) is 14.4 Å². The summed E-state index contributed by atoms with van der Waals surface area (Å²) >= 11 is 1.53. The van der Waals surface area contributed by atoms with Crippen LogP contribution >= 0.6 is 11.8 Å². The largest absolute Gasteiger partial charge is 0.480 e. The molecule has 2 amide bonds. The molecular weight excluding hydrogens is 370 g/mol. The minimum Gasteiger partial charge on any atom is -0.480 e. The highest BCUT2D eigenvalue weighted by molar-refractivity contribution is 7.99. The Balaban J connectivity index is 1.84. The molecule has 27 heavy (non-hydrogen) atoms. The number of likely N-dealkylation sites (tertiary alicyclic amines) is 1. The number of aryl methyl sites for hydroxylation is 2. The second-order valence-corrected chi connectivity index (χ2v) is 7.79. The molecule has 1 aromatic rings. The lowest BCUT2D eigenvalue weighted by molar-refractivity contribution is -0.145. The SMILES string of the molecule is CC(=O)N(CC(=O)O)C1CCCN(C(=O)CSCc2c(C)noc2C)CC1. The van der Waals surface area contributed by atoms with Crippen LogP contribution < -0.4 is 0 Å². The lowest BCUT2D eigenvalue weighted by atomic mass is 10.1. The number of hydrogen-bond donors (Lipinski definition) is 1. The topological polar surface area (TPSA) is 104 Å². The molecule has 8 nitrogen and oxygen atoms in total. The molecule has 9 heteroatoms. The molecule has 1 saturated heterocycles. The second-order valence-electron chi connectivity index (χ2n) is 6.80. The Morgan fingerprint density at radius 2 is 2.04 bits per heavy atom. The lowest BCUT2D eigenvalue weighted by Crippen LogP contribution is -2.43. The van der Waals surface area contributed by atoms with Crippen LogP contribution in [0, 0.1) is 13.8 Å². The molecule has 1 atom stereocenters. The van der Waals surface area contributed by atoms with Gasteiger partial charge in [-0.2, -0.15) is 0 Å². The number of rotatable bonds is 7. The summed E-state index contributed by atoms with van der Waals surface area (Å²) in [7, 11) is 0. The number of nitrogens with zero attached hydrogens (tertiary/aromatic N) is 3. The van der Waals surface area contributed by atoms with Crippen molar-refractivity contribution in [3.63, 3.8) is 0 Å². The van der Waals surface area contributed by atoms with Crippen LogP contribution in [0.3, 0.4) is 0 Å². The van der Waals surface area contributed by atoms with Gasteiger partial charge in [0.25, 0.3) is 0 Å². The van der Waals surface area contributed by atoms with Crippen LogP contribution in [0.2, 0.25) is 0 Å². The van der Waals surface area contributed by atoms with Gasteiger partial charge in [-0.05, 0) is 33.1 Å². The fourth-order valence-corrected chi connectivity index (χ4v) is 4.40. The highest BCUT2D eigenvalue weighted by Gasteiger charge is 2.27. The molecule has 0 spiro atoms. The number of aliphatic carboxylic acids is 1. The molecular formula is C18H27N3O5S. The summed E-state index contributed by atoms with van der Waals surface area (Å²) in [5.41, 5.74) is 1.89. The van der Waals surface area contributed by atoms with Crippen LogP contribution in [-0.2, 0) is 20.1 Å². The Labute approximate surface area is 163 Å². The van der Waals surface area contributed by atoms with E-state index in [1.807, 2.05) is 18.7 Å². The van der Waals surface area contributed by atoms with Gasteiger partial charge in [0.05, 0.1) is 11.4 Å². The number of amides is 2. The number of carbonyl (C=O) groups excluding carboxylic acids is 2. The minimum atomic E-state index is -1.02. The standard InChI is InChI=1S/C18H27N3O5S/c1-12-16(13(2)26-19-12)10-27-11-17(23)20-7-4-5-15(6-8-20)21(14(3)22)9-18(24)25/h15H,4-11H2,1-3H3,(H,24,25). The molecule has 1 aliphatic heterocycles. The highest BCUT2D eigenvalue weighted by Crippen LogP contribution is 2.21. The van der Waals surface area contributed by atoms with E-state index in [1.165, 1.54) is 23.6 Å². The average molecular weight is 397 g/mol. The third kappa shape index (κ3) is 5.98. The van der Waals surface area contributed by atoms with Crippen molar-refractivity contribution in [3.05, 3.63) is 17.0 Å². The Morgan fingerprint density at radius 3 is 2.63 bits per heavy atom. The van der Waals surface area contributed by atoms with Crippen LogP contribution in [0.5, 0.6) is 0 Å². The molecule has 150 valence electrons. The first-order chi connectivity index (χ1) is 12.8. The smallest absolute Gasteiger partial charge is 0.323 e. The molecule has 1 N–H and O–H groups in total. The number of carboxylic acid groups (broad SMARTS) is 1. The summed E-state index contributed by atoms with van der Waals surface area (Å²) in [6.07, 6.45) is 2.07. The van der Waals surface area contributed by atoms with Gasteiger partial charge in [0.15, 0.2) is 0 Å². The predicted molar refractivity (Wildman–Crippen MR) is 101 cm³/mol. The Bertz CT molecular complexity index is 671. The molecule has 1 unspecified atom stereocenters. The van der Waals surface area contributed by atoms with Crippen molar-refractivity contribution < 1.29 is 24.0 Å². The van der Waals surface area contributed by atoms with E-state index in [2.05, 4.69) is 5.16 Å². The second kappa shape index (κ2) is 9.77. The Hall–Kier alpha value is -2.03. The first-order valence-electron chi connectivity index (χ1n) is 9.05. The molecule has 0 bridgehead atoms. The molecule has 1 aliphatic rings. The van der Waals surface area contributed by atoms with Gasteiger partial charge >= 0.3 is 5.97 Å². The zero-order valence-corrected chi connectivity index (χ0v) is 16.9. The molecule has 2 rings (SSSR count). The average Bonchev–Trinajstić information content (AvgIpc) is 2.80. The number of aromatic nitrogens is 1. The maximum Gasteiger partial charge on any atom is 0.323 e. The fourth-order valence-electron chi connectivity index (χ4n) is 3.32. The van der Waals surface area contributed by atoms with Gasteiger partial charge in [0, 0.05) is 37.4 Å². The fraction of sp³-hybridized carbons (Fsp3) is 0.667. The maximum atomic E-state index is 12.5. The van der Waals surface area contributed by atoms with E-state index in [-0.39, 0.29) is 24.4 Å². The summed E-state index contributed by atoms with van der Waals surface area (Å²) in [6, 6.07) is -0.133. The molecule has 0 aromatic carbocycles. The van der Waals surface area contributed by atoms with Crippen LogP contribution in [0.25, 0.3) is 0 Å². The van der Waals surface area contributed by atoms with Crippen molar-refractivity contribution in [2.45, 2.75) is 51.8 Å². The molecule has 0 saturated carbocycles. The normalized spacial score (nSPS) is 17.4. The van der Waals surface area contributed by atoms with E-state index < -0.39 is 5.97 Å². The zero-order chi connectivity index (χ0) is 20.0. The van der Waals surface area contributed by atoms with Gasteiger partial charge in [-0.1, -0.05) is 5.16 Å². The van der Waals surface area contributed by atoms with E-state index in [0.717, 1.165) is 23.4 Å². The van der Waals surface area contributed by atoms with Crippen molar-refractivity contribution in [3.8, 4) is 0 Å². The van der Waals surface area contributed by atoms with Crippen molar-refractivity contribution in [2.75, 3.05) is 25.4 Å². The predicted octanol–water partition coefficient (Wildman–Crippen LogP) is 1.84. The van der Waals surface area contributed by atoms with Crippen LogP contribution in [0.1, 0.15) is 43.2 Å². The van der Waals surface area contributed by atoms with E-state index in [0.29, 0.717) is 37.4 Å². The summed E-state index contributed by atoms with van der Waals surface area (Å²) < 4.78 is 5.13. The van der Waals surface area contributed by atoms with E-state index >= 15 is 0 Å². The maximum absolute atomic E-state index is 12.5. The van der Waals surface area contributed by atoms with E-state index in [4.69, 9.17) is 9.63 Å². The molecule has 1 aromatic heterocycles. The number of hydrogen-bond acceptors (Lipinski definition) is 6. The van der Waals surface area contributed by atoms with Gasteiger partial charge < -0.3 is 19.4 Å². The first-order valence-corrected chi connectivity index (χ1v) is 10.2. The molecule has 2 heterocycles.